The van der Waals surface area contributed by atoms with Crippen LogP contribution in [-0.4, -0.2) is 50.7 Å². The molecule has 1 aliphatic rings. The van der Waals surface area contributed by atoms with Crippen molar-refractivity contribution in [2.45, 2.75) is 45.3 Å². The molecule has 0 radical (unpaired) electrons. The van der Waals surface area contributed by atoms with Crippen molar-refractivity contribution in [2.24, 2.45) is 0 Å². The Hall–Kier alpha value is -1.43. The molecule has 2 heterocycles. The summed E-state index contributed by atoms with van der Waals surface area (Å²) >= 11 is 0. The summed E-state index contributed by atoms with van der Waals surface area (Å²) in [4.78, 5) is 18.0. The number of nitrogens with one attached hydrogen (secondary N) is 1. The highest BCUT2D eigenvalue weighted by Crippen LogP contribution is 2.10. The van der Waals surface area contributed by atoms with Gasteiger partial charge in [0.05, 0.1) is 0 Å². The zero-order valence-electron chi connectivity index (χ0n) is 11.0. The minimum atomic E-state index is 0.101. The summed E-state index contributed by atoms with van der Waals surface area (Å²) in [5.74, 6) is 0.101. The van der Waals surface area contributed by atoms with Crippen LogP contribution < -0.4 is 5.32 Å². The predicted octanol–water partition coefficient (Wildman–Crippen LogP) is 0.267. The zero-order valence-corrected chi connectivity index (χ0v) is 11.0. The molecule has 0 aromatic carbocycles. The molecule has 1 atom stereocenters. The predicted molar refractivity (Wildman–Crippen MR) is 67.9 cm³/mol. The normalized spacial score (nSPS) is 19.4. The number of carbonyl (C=O) groups excluding carboxylic acids is 1. The van der Waals surface area contributed by atoms with Gasteiger partial charge in [-0.15, -0.1) is 0 Å². The maximum atomic E-state index is 12.2. The molecule has 0 saturated carbocycles. The number of aromatic nitrogens is 3. The van der Waals surface area contributed by atoms with Gasteiger partial charge in [0, 0.05) is 18.6 Å². The minimum Gasteiger partial charge on any atom is -0.337 e. The topological polar surface area (TPSA) is 63.1 Å². The molecule has 6 nitrogen and oxygen atoms in total. The first-order valence-electron chi connectivity index (χ1n) is 6.52. The molecule has 2 rings (SSSR count). The zero-order chi connectivity index (χ0) is 13.0. The molecule has 1 amide bonds. The Balaban J connectivity index is 1.93. The minimum absolute atomic E-state index is 0.101. The van der Waals surface area contributed by atoms with Crippen LogP contribution in [0.1, 0.15) is 26.7 Å². The van der Waals surface area contributed by atoms with Crippen LogP contribution in [0.15, 0.2) is 12.7 Å². The molecule has 1 aromatic rings. The van der Waals surface area contributed by atoms with E-state index in [2.05, 4.69) is 15.4 Å². The van der Waals surface area contributed by atoms with Gasteiger partial charge >= 0.3 is 0 Å². The molecule has 0 aliphatic carbocycles. The van der Waals surface area contributed by atoms with Gasteiger partial charge in [-0.1, -0.05) is 0 Å². The molecule has 0 spiro atoms. The highest BCUT2D eigenvalue weighted by Gasteiger charge is 2.23. The summed E-state index contributed by atoms with van der Waals surface area (Å²) in [7, 11) is 0. The van der Waals surface area contributed by atoms with Gasteiger partial charge in [-0.2, -0.15) is 5.10 Å². The van der Waals surface area contributed by atoms with Crippen LogP contribution in [0.5, 0.6) is 0 Å². The second kappa shape index (κ2) is 5.95. The molecule has 1 fully saturated rings. The average molecular weight is 251 g/mol. The first-order chi connectivity index (χ1) is 8.66. The lowest BCUT2D eigenvalue weighted by molar-refractivity contribution is -0.134. The Morgan fingerprint density at radius 2 is 2.44 bits per heavy atom. The molecule has 100 valence electrons. The van der Waals surface area contributed by atoms with Gasteiger partial charge in [-0.05, 0) is 33.2 Å². The van der Waals surface area contributed by atoms with Crippen molar-refractivity contribution in [2.75, 3.05) is 13.1 Å². The van der Waals surface area contributed by atoms with E-state index in [0.29, 0.717) is 6.04 Å². The van der Waals surface area contributed by atoms with Crippen molar-refractivity contribution < 1.29 is 4.79 Å². The Morgan fingerprint density at radius 1 is 1.61 bits per heavy atom. The quantitative estimate of drug-likeness (QED) is 0.816. The lowest BCUT2D eigenvalue weighted by Crippen LogP contribution is -2.46. The summed E-state index contributed by atoms with van der Waals surface area (Å²) in [5.41, 5.74) is 0. The van der Waals surface area contributed by atoms with E-state index in [4.69, 9.17) is 0 Å². The fourth-order valence-electron chi connectivity index (χ4n) is 2.29. The van der Waals surface area contributed by atoms with E-state index in [-0.39, 0.29) is 18.5 Å². The summed E-state index contributed by atoms with van der Waals surface area (Å²) in [6.45, 7) is 6.21. The molecule has 1 aromatic heterocycles. The summed E-state index contributed by atoms with van der Waals surface area (Å²) in [5, 5.41) is 7.40. The van der Waals surface area contributed by atoms with Gasteiger partial charge in [0.15, 0.2) is 0 Å². The van der Waals surface area contributed by atoms with E-state index in [1.807, 2.05) is 18.7 Å². The summed E-state index contributed by atoms with van der Waals surface area (Å²) < 4.78 is 1.57. The highest BCUT2D eigenvalue weighted by atomic mass is 16.2. The third-order valence-electron chi connectivity index (χ3n) is 3.29. The lowest BCUT2D eigenvalue weighted by atomic mass is 10.2. The monoisotopic (exact) mass is 251 g/mol. The van der Waals surface area contributed by atoms with Gasteiger partial charge in [-0.25, -0.2) is 9.67 Å². The lowest BCUT2D eigenvalue weighted by Gasteiger charge is -2.29. The van der Waals surface area contributed by atoms with Crippen LogP contribution in [0, 0.1) is 0 Å². The first kappa shape index (κ1) is 13.0. The third kappa shape index (κ3) is 3.29. The molecule has 1 N–H and O–H groups in total. The summed E-state index contributed by atoms with van der Waals surface area (Å²) in [6.07, 6.45) is 5.38. The average Bonchev–Trinajstić information content (AvgIpc) is 2.97. The van der Waals surface area contributed by atoms with Crippen molar-refractivity contribution in [1.82, 2.24) is 25.0 Å². The second-order valence-electron chi connectivity index (χ2n) is 5.03. The molecule has 1 saturated heterocycles. The van der Waals surface area contributed by atoms with Gasteiger partial charge in [0.1, 0.15) is 19.2 Å². The second-order valence-corrected chi connectivity index (χ2v) is 5.03. The van der Waals surface area contributed by atoms with E-state index in [1.54, 1.807) is 11.0 Å². The number of carbonyl (C=O) groups is 1. The van der Waals surface area contributed by atoms with Gasteiger partial charge in [-0.3, -0.25) is 4.79 Å². The number of hydrogen-bond acceptors (Lipinski definition) is 4. The number of rotatable bonds is 5. The molecule has 0 bridgehead atoms. The van der Waals surface area contributed by atoms with Crippen molar-refractivity contribution in [1.29, 1.82) is 0 Å². The van der Waals surface area contributed by atoms with E-state index >= 15 is 0 Å². The first-order valence-corrected chi connectivity index (χ1v) is 6.52. The fourth-order valence-corrected chi connectivity index (χ4v) is 2.29. The Morgan fingerprint density at radius 3 is 3.00 bits per heavy atom. The SMILES string of the molecule is CC(C)N(CC1CCCN1)C(=O)Cn1cncn1. The third-order valence-corrected chi connectivity index (χ3v) is 3.29. The Kier molecular flexibility index (Phi) is 4.30. The highest BCUT2D eigenvalue weighted by molar-refractivity contribution is 5.76. The van der Waals surface area contributed by atoms with Gasteiger partial charge < -0.3 is 10.2 Å². The van der Waals surface area contributed by atoms with E-state index < -0.39 is 0 Å². The standard InChI is InChI=1S/C12H21N5O/c1-10(2)17(6-11-4-3-5-14-11)12(18)7-16-9-13-8-15-16/h8-11,14H,3-7H2,1-2H3. The number of hydrogen-bond donors (Lipinski definition) is 1. The van der Waals surface area contributed by atoms with E-state index in [0.717, 1.165) is 19.5 Å². The smallest absolute Gasteiger partial charge is 0.244 e. The van der Waals surface area contributed by atoms with Crippen LogP contribution in [0.25, 0.3) is 0 Å². The van der Waals surface area contributed by atoms with Crippen LogP contribution in [-0.2, 0) is 11.3 Å². The van der Waals surface area contributed by atoms with Crippen LogP contribution in [0.2, 0.25) is 0 Å². The van der Waals surface area contributed by atoms with E-state index in [9.17, 15) is 4.79 Å². The summed E-state index contributed by atoms with van der Waals surface area (Å²) in [6, 6.07) is 0.649. The van der Waals surface area contributed by atoms with Gasteiger partial charge in [0.2, 0.25) is 5.91 Å². The fraction of sp³-hybridized carbons (Fsp3) is 0.750. The largest absolute Gasteiger partial charge is 0.337 e. The maximum Gasteiger partial charge on any atom is 0.244 e. The number of nitrogens with zero attached hydrogens (tertiary/aromatic N) is 4. The molecule has 6 heteroatoms. The van der Waals surface area contributed by atoms with Crippen LogP contribution in [0.3, 0.4) is 0 Å². The molecular weight excluding hydrogens is 230 g/mol. The molecule has 1 unspecified atom stereocenters. The molecular formula is C12H21N5O. The van der Waals surface area contributed by atoms with Gasteiger partial charge in [0.25, 0.3) is 0 Å². The molecule has 1 aliphatic heterocycles. The van der Waals surface area contributed by atoms with E-state index in [1.165, 1.54) is 12.7 Å². The van der Waals surface area contributed by atoms with Crippen molar-refractivity contribution in [3.8, 4) is 0 Å². The van der Waals surface area contributed by atoms with Crippen LogP contribution in [0.4, 0.5) is 0 Å². The van der Waals surface area contributed by atoms with Crippen molar-refractivity contribution in [3.63, 3.8) is 0 Å². The Bertz CT molecular complexity index is 370. The maximum absolute atomic E-state index is 12.2. The molecule has 18 heavy (non-hydrogen) atoms. The Labute approximate surface area is 107 Å². The number of amides is 1. The van der Waals surface area contributed by atoms with Crippen LogP contribution >= 0.6 is 0 Å². The van der Waals surface area contributed by atoms with Crippen molar-refractivity contribution in [3.05, 3.63) is 12.7 Å². The van der Waals surface area contributed by atoms with Crippen molar-refractivity contribution >= 4 is 5.91 Å².